The maximum absolute atomic E-state index is 11.8. The van der Waals surface area contributed by atoms with Crippen molar-refractivity contribution in [1.82, 2.24) is 20.6 Å². The average Bonchev–Trinajstić information content (AvgIpc) is 3.20. The molecular weight excluding hydrogens is 302 g/mol. The van der Waals surface area contributed by atoms with Gasteiger partial charge in [0.05, 0.1) is 6.26 Å². The largest absolute Gasteiger partial charge is 0.459 e. The van der Waals surface area contributed by atoms with Gasteiger partial charge in [-0.15, -0.1) is 0 Å². The maximum Gasteiger partial charge on any atom is 0.305 e. The molecule has 0 spiro atoms. The quantitative estimate of drug-likeness (QED) is 0.514. The lowest BCUT2D eigenvalue weighted by Gasteiger charge is -2.11. The van der Waals surface area contributed by atoms with Gasteiger partial charge in [0.1, 0.15) is 17.8 Å². The smallest absolute Gasteiger partial charge is 0.305 e. The Bertz CT molecular complexity index is 813. The minimum Gasteiger partial charge on any atom is -0.459 e. The van der Waals surface area contributed by atoms with Gasteiger partial charge in [-0.05, 0) is 19.1 Å². The Balaban J connectivity index is 1.70. The molecule has 0 saturated heterocycles. The van der Waals surface area contributed by atoms with Crippen LogP contribution in [0.4, 0.5) is 23.1 Å². The fraction of sp³-hybridized carbons (Fsp3) is 0.0769. The minimum absolute atomic E-state index is 0.154. The molecule has 0 atom stereocenters. The lowest BCUT2D eigenvalue weighted by molar-refractivity contribution is 0.0935. The number of nitrogens with one attached hydrogen (secondary N) is 3. The van der Waals surface area contributed by atoms with Crippen LogP contribution < -0.4 is 21.9 Å². The SMILES string of the molecule is Cc1cc(Nc2ncnc(NNC(=O)c3ccco3)c2N)no1. The predicted molar refractivity (Wildman–Crippen MR) is 80.8 cm³/mol. The number of nitrogen functional groups attached to an aromatic ring is 1. The zero-order valence-corrected chi connectivity index (χ0v) is 12.0. The molecule has 118 valence electrons. The summed E-state index contributed by atoms with van der Waals surface area (Å²) < 4.78 is 9.92. The van der Waals surface area contributed by atoms with Crippen LogP contribution >= 0.6 is 0 Å². The summed E-state index contributed by atoms with van der Waals surface area (Å²) in [7, 11) is 0. The van der Waals surface area contributed by atoms with E-state index in [4.69, 9.17) is 14.7 Å². The van der Waals surface area contributed by atoms with Crippen LogP contribution in [0, 0.1) is 6.92 Å². The Labute approximate surface area is 130 Å². The van der Waals surface area contributed by atoms with Gasteiger partial charge in [-0.25, -0.2) is 9.97 Å². The summed E-state index contributed by atoms with van der Waals surface area (Å²) in [5.74, 6) is 1.34. The maximum atomic E-state index is 11.8. The number of nitrogens with two attached hydrogens (primary N) is 1. The number of hydrogen-bond acceptors (Lipinski definition) is 9. The highest BCUT2D eigenvalue weighted by Gasteiger charge is 2.12. The van der Waals surface area contributed by atoms with Crippen LogP contribution in [0.25, 0.3) is 0 Å². The summed E-state index contributed by atoms with van der Waals surface area (Å²) in [5, 5.41) is 6.68. The summed E-state index contributed by atoms with van der Waals surface area (Å²) in [6, 6.07) is 4.82. The lowest BCUT2D eigenvalue weighted by Crippen LogP contribution is -2.30. The standard InChI is InChI=1S/C13H13N7O3/c1-7-5-9(20-23-7)17-11-10(14)12(16-6-15-11)18-19-13(21)8-3-2-4-22-8/h2-6H,14H2,1H3,(H,19,21)(H2,15,16,17,18,20). The number of rotatable bonds is 5. The van der Waals surface area contributed by atoms with E-state index in [-0.39, 0.29) is 17.3 Å². The fourth-order valence-corrected chi connectivity index (χ4v) is 1.73. The van der Waals surface area contributed by atoms with E-state index >= 15 is 0 Å². The number of carbonyl (C=O) groups is 1. The Morgan fingerprint density at radius 2 is 2.13 bits per heavy atom. The van der Waals surface area contributed by atoms with Gasteiger partial charge < -0.3 is 20.0 Å². The van der Waals surface area contributed by atoms with E-state index in [1.54, 1.807) is 19.1 Å². The highest BCUT2D eigenvalue weighted by atomic mass is 16.5. The molecule has 23 heavy (non-hydrogen) atoms. The molecule has 0 aromatic carbocycles. The normalized spacial score (nSPS) is 10.3. The third-order valence-electron chi connectivity index (χ3n) is 2.80. The third-order valence-corrected chi connectivity index (χ3v) is 2.80. The van der Waals surface area contributed by atoms with E-state index in [9.17, 15) is 4.79 Å². The highest BCUT2D eigenvalue weighted by Crippen LogP contribution is 2.24. The molecule has 5 N–H and O–H groups in total. The van der Waals surface area contributed by atoms with Crippen molar-refractivity contribution in [3.05, 3.63) is 42.3 Å². The number of aromatic nitrogens is 3. The molecule has 3 aromatic rings. The predicted octanol–water partition coefficient (Wildman–Crippen LogP) is 1.45. The van der Waals surface area contributed by atoms with Crippen molar-refractivity contribution in [2.45, 2.75) is 6.92 Å². The zero-order chi connectivity index (χ0) is 16.2. The monoisotopic (exact) mass is 315 g/mol. The van der Waals surface area contributed by atoms with Gasteiger partial charge in [0.2, 0.25) is 0 Å². The first-order valence-corrected chi connectivity index (χ1v) is 6.54. The van der Waals surface area contributed by atoms with E-state index in [1.807, 2.05) is 0 Å². The first kappa shape index (κ1) is 14.4. The molecule has 0 bridgehead atoms. The highest BCUT2D eigenvalue weighted by molar-refractivity contribution is 5.92. The molecule has 0 aliphatic carbocycles. The van der Waals surface area contributed by atoms with Crippen LogP contribution in [-0.4, -0.2) is 21.0 Å². The van der Waals surface area contributed by atoms with Gasteiger partial charge in [0.25, 0.3) is 0 Å². The second-order valence-electron chi connectivity index (χ2n) is 4.49. The first-order chi connectivity index (χ1) is 11.1. The summed E-state index contributed by atoms with van der Waals surface area (Å²) >= 11 is 0. The summed E-state index contributed by atoms with van der Waals surface area (Å²) in [6.07, 6.45) is 2.68. The number of aryl methyl sites for hydroxylation is 1. The van der Waals surface area contributed by atoms with Crippen LogP contribution in [0.3, 0.4) is 0 Å². The van der Waals surface area contributed by atoms with Crippen LogP contribution in [0.15, 0.2) is 39.7 Å². The van der Waals surface area contributed by atoms with Crippen LogP contribution in [0.1, 0.15) is 16.3 Å². The van der Waals surface area contributed by atoms with Crippen molar-refractivity contribution in [3.63, 3.8) is 0 Å². The second-order valence-corrected chi connectivity index (χ2v) is 4.49. The van der Waals surface area contributed by atoms with Crippen molar-refractivity contribution in [3.8, 4) is 0 Å². The molecule has 1 amide bonds. The zero-order valence-electron chi connectivity index (χ0n) is 12.0. The van der Waals surface area contributed by atoms with E-state index in [2.05, 4.69) is 31.3 Å². The molecule has 0 unspecified atom stereocenters. The Hall–Kier alpha value is -3.56. The molecule has 3 rings (SSSR count). The van der Waals surface area contributed by atoms with Gasteiger partial charge in [0.15, 0.2) is 23.2 Å². The van der Waals surface area contributed by atoms with E-state index in [0.717, 1.165) is 0 Å². The number of anilines is 4. The number of amides is 1. The van der Waals surface area contributed by atoms with Gasteiger partial charge in [0, 0.05) is 6.07 Å². The summed E-state index contributed by atoms with van der Waals surface area (Å²) in [4.78, 5) is 19.8. The molecule has 0 saturated carbocycles. The number of carbonyl (C=O) groups excluding carboxylic acids is 1. The molecule has 10 nitrogen and oxygen atoms in total. The second kappa shape index (κ2) is 6.05. The van der Waals surface area contributed by atoms with Gasteiger partial charge in [-0.3, -0.25) is 15.6 Å². The number of nitrogens with zero attached hydrogens (tertiary/aromatic N) is 3. The van der Waals surface area contributed by atoms with Crippen molar-refractivity contribution < 1.29 is 13.7 Å². The van der Waals surface area contributed by atoms with Crippen molar-refractivity contribution in [2.24, 2.45) is 0 Å². The number of furan rings is 1. The topological polar surface area (TPSA) is 144 Å². The molecule has 0 radical (unpaired) electrons. The third kappa shape index (κ3) is 3.20. The van der Waals surface area contributed by atoms with Crippen molar-refractivity contribution in [2.75, 3.05) is 16.5 Å². The minimum atomic E-state index is -0.463. The molecular formula is C13H13N7O3. The Kier molecular flexibility index (Phi) is 3.78. The molecule has 10 heteroatoms. The van der Waals surface area contributed by atoms with Crippen LogP contribution in [-0.2, 0) is 0 Å². The Morgan fingerprint density at radius 1 is 1.30 bits per heavy atom. The van der Waals surface area contributed by atoms with Crippen LogP contribution in [0.5, 0.6) is 0 Å². The Morgan fingerprint density at radius 3 is 2.83 bits per heavy atom. The van der Waals surface area contributed by atoms with E-state index in [1.165, 1.54) is 18.7 Å². The number of hydrogen-bond donors (Lipinski definition) is 4. The molecule has 3 aromatic heterocycles. The average molecular weight is 315 g/mol. The van der Waals surface area contributed by atoms with E-state index < -0.39 is 5.91 Å². The number of hydrazine groups is 1. The lowest BCUT2D eigenvalue weighted by atomic mass is 10.4. The van der Waals surface area contributed by atoms with Gasteiger partial charge >= 0.3 is 5.91 Å². The summed E-state index contributed by atoms with van der Waals surface area (Å²) in [5.41, 5.74) is 11.2. The van der Waals surface area contributed by atoms with Gasteiger partial charge in [-0.2, -0.15) is 0 Å². The fourth-order valence-electron chi connectivity index (χ4n) is 1.73. The van der Waals surface area contributed by atoms with E-state index in [0.29, 0.717) is 17.4 Å². The first-order valence-electron chi connectivity index (χ1n) is 6.54. The molecule has 0 aliphatic rings. The van der Waals surface area contributed by atoms with Crippen LogP contribution in [0.2, 0.25) is 0 Å². The molecule has 0 fully saturated rings. The molecule has 3 heterocycles. The molecule has 0 aliphatic heterocycles. The van der Waals surface area contributed by atoms with Crippen molar-refractivity contribution in [1.29, 1.82) is 0 Å². The van der Waals surface area contributed by atoms with Crippen molar-refractivity contribution >= 4 is 29.0 Å². The van der Waals surface area contributed by atoms with Gasteiger partial charge in [-0.1, -0.05) is 5.16 Å². The summed E-state index contributed by atoms with van der Waals surface area (Å²) in [6.45, 7) is 1.76.